The number of nitrogens with one attached hydrogen (secondary N) is 1. The van der Waals surface area contributed by atoms with E-state index in [-0.39, 0.29) is 0 Å². The van der Waals surface area contributed by atoms with Crippen molar-refractivity contribution < 1.29 is 4.79 Å². The van der Waals surface area contributed by atoms with E-state index in [0.717, 1.165) is 31.8 Å². The molecule has 0 spiro atoms. The van der Waals surface area contributed by atoms with Crippen LogP contribution in [0.15, 0.2) is 0 Å². The van der Waals surface area contributed by atoms with Crippen LogP contribution in [-0.2, 0) is 4.79 Å². The normalized spacial score (nSPS) is 37.6. The molecule has 2 aliphatic heterocycles. The number of nitrogens with zero attached hydrogens (tertiary/aromatic N) is 1. The number of fused-ring (bicyclic) bond motifs is 1. The summed E-state index contributed by atoms with van der Waals surface area (Å²) in [6.45, 7) is 4.38. The molecule has 3 fully saturated rings. The van der Waals surface area contributed by atoms with Gasteiger partial charge in [-0.3, -0.25) is 4.79 Å². The van der Waals surface area contributed by atoms with Crippen molar-refractivity contribution in [1.82, 2.24) is 10.2 Å². The van der Waals surface area contributed by atoms with E-state index in [1.54, 1.807) is 0 Å². The first-order valence-electron chi connectivity index (χ1n) is 7.80. The average Bonchev–Trinajstić information content (AvgIpc) is 2.78. The molecule has 3 unspecified atom stereocenters. The van der Waals surface area contributed by atoms with E-state index in [0.29, 0.717) is 23.9 Å². The van der Waals surface area contributed by atoms with Gasteiger partial charge in [-0.05, 0) is 32.1 Å². The summed E-state index contributed by atoms with van der Waals surface area (Å²) in [5, 5.41) is 3.45. The molecule has 3 aliphatic rings. The highest BCUT2D eigenvalue weighted by molar-refractivity contribution is 5.80. The molecular formula is C15H26N2O. The maximum atomic E-state index is 12.8. The van der Waals surface area contributed by atoms with Gasteiger partial charge in [0.25, 0.3) is 0 Å². The quantitative estimate of drug-likeness (QED) is 0.723. The lowest BCUT2D eigenvalue weighted by Crippen LogP contribution is -2.45. The maximum Gasteiger partial charge on any atom is 0.226 e. The van der Waals surface area contributed by atoms with E-state index in [1.165, 1.54) is 32.1 Å². The molecule has 2 saturated heterocycles. The minimum atomic E-state index is 0.328. The van der Waals surface area contributed by atoms with E-state index in [2.05, 4.69) is 17.1 Å². The Morgan fingerprint density at radius 3 is 2.56 bits per heavy atom. The summed E-state index contributed by atoms with van der Waals surface area (Å²) in [4.78, 5) is 15.1. The fourth-order valence-electron chi connectivity index (χ4n) is 4.28. The van der Waals surface area contributed by atoms with Gasteiger partial charge >= 0.3 is 0 Å². The summed E-state index contributed by atoms with van der Waals surface area (Å²) in [5.74, 6) is 1.52. The van der Waals surface area contributed by atoms with Gasteiger partial charge in [0, 0.05) is 31.1 Å². The van der Waals surface area contributed by atoms with E-state index in [4.69, 9.17) is 0 Å². The lowest BCUT2D eigenvalue weighted by Gasteiger charge is -2.31. The molecule has 1 saturated carbocycles. The third kappa shape index (κ3) is 2.18. The standard InChI is InChI=1S/C15H26N2O/c1-11-8-13-9-16-10-14(13)17(11)15(18)12-6-4-2-3-5-7-12/h11-14,16H,2-10H2,1H3. The van der Waals surface area contributed by atoms with Crippen LogP contribution in [0.3, 0.4) is 0 Å². The molecule has 0 bridgehead atoms. The second kappa shape index (κ2) is 5.20. The highest BCUT2D eigenvalue weighted by Crippen LogP contribution is 2.35. The molecule has 1 aliphatic carbocycles. The van der Waals surface area contributed by atoms with Gasteiger partial charge in [-0.2, -0.15) is 0 Å². The number of rotatable bonds is 1. The zero-order valence-corrected chi connectivity index (χ0v) is 11.5. The van der Waals surface area contributed by atoms with Crippen LogP contribution >= 0.6 is 0 Å². The van der Waals surface area contributed by atoms with Crippen molar-refractivity contribution in [2.45, 2.75) is 64.0 Å². The van der Waals surface area contributed by atoms with E-state index in [9.17, 15) is 4.79 Å². The Labute approximate surface area is 110 Å². The molecule has 2 heterocycles. The summed E-state index contributed by atoms with van der Waals surface area (Å²) >= 11 is 0. The lowest BCUT2D eigenvalue weighted by molar-refractivity contribution is -0.138. The summed E-state index contributed by atoms with van der Waals surface area (Å²) in [7, 11) is 0. The van der Waals surface area contributed by atoms with Gasteiger partial charge in [0.05, 0.1) is 0 Å². The van der Waals surface area contributed by atoms with Crippen molar-refractivity contribution in [1.29, 1.82) is 0 Å². The molecule has 0 aromatic rings. The SMILES string of the molecule is CC1CC2CNCC2N1C(=O)C1CCCCCC1. The topological polar surface area (TPSA) is 32.3 Å². The van der Waals surface area contributed by atoms with Crippen molar-refractivity contribution in [3.05, 3.63) is 0 Å². The van der Waals surface area contributed by atoms with Crippen LogP contribution in [0, 0.1) is 11.8 Å². The number of hydrogen-bond acceptors (Lipinski definition) is 2. The van der Waals surface area contributed by atoms with Crippen LogP contribution in [0.1, 0.15) is 51.9 Å². The maximum absolute atomic E-state index is 12.8. The monoisotopic (exact) mass is 250 g/mol. The van der Waals surface area contributed by atoms with Crippen molar-refractivity contribution in [2.75, 3.05) is 13.1 Å². The summed E-state index contributed by atoms with van der Waals surface area (Å²) in [6.07, 6.45) is 8.63. The third-order valence-electron chi connectivity index (χ3n) is 5.24. The molecule has 3 nitrogen and oxygen atoms in total. The third-order valence-corrected chi connectivity index (χ3v) is 5.24. The molecule has 0 aromatic carbocycles. The largest absolute Gasteiger partial charge is 0.335 e. The number of amides is 1. The van der Waals surface area contributed by atoms with E-state index in [1.807, 2.05) is 0 Å². The van der Waals surface area contributed by atoms with Gasteiger partial charge in [-0.1, -0.05) is 25.7 Å². The van der Waals surface area contributed by atoms with Crippen LogP contribution in [0.5, 0.6) is 0 Å². The van der Waals surface area contributed by atoms with Gasteiger partial charge in [0.15, 0.2) is 0 Å². The second-order valence-electron chi connectivity index (χ2n) is 6.50. The minimum absolute atomic E-state index is 0.328. The summed E-state index contributed by atoms with van der Waals surface area (Å²) < 4.78 is 0. The number of hydrogen-bond donors (Lipinski definition) is 1. The van der Waals surface area contributed by atoms with Crippen LogP contribution in [0.25, 0.3) is 0 Å². The van der Waals surface area contributed by atoms with Crippen LogP contribution in [-0.4, -0.2) is 36.0 Å². The van der Waals surface area contributed by atoms with Gasteiger partial charge in [-0.25, -0.2) is 0 Å². The predicted octanol–water partition coefficient (Wildman–Crippen LogP) is 2.17. The minimum Gasteiger partial charge on any atom is -0.335 e. The van der Waals surface area contributed by atoms with Gasteiger partial charge in [0.2, 0.25) is 5.91 Å². The molecular weight excluding hydrogens is 224 g/mol. The molecule has 102 valence electrons. The van der Waals surface area contributed by atoms with Crippen LogP contribution < -0.4 is 5.32 Å². The Kier molecular flexibility index (Phi) is 3.60. The zero-order valence-electron chi connectivity index (χ0n) is 11.5. The van der Waals surface area contributed by atoms with Crippen LogP contribution in [0.4, 0.5) is 0 Å². The Hall–Kier alpha value is -0.570. The van der Waals surface area contributed by atoms with Crippen molar-refractivity contribution in [3.8, 4) is 0 Å². The molecule has 18 heavy (non-hydrogen) atoms. The fraction of sp³-hybridized carbons (Fsp3) is 0.933. The van der Waals surface area contributed by atoms with Crippen molar-refractivity contribution in [3.63, 3.8) is 0 Å². The average molecular weight is 250 g/mol. The molecule has 1 amide bonds. The Bertz CT molecular complexity index is 310. The molecule has 0 radical (unpaired) electrons. The number of carbonyl (C=O) groups excluding carboxylic acids is 1. The van der Waals surface area contributed by atoms with Gasteiger partial charge in [0.1, 0.15) is 0 Å². The first-order valence-corrected chi connectivity index (χ1v) is 7.80. The zero-order chi connectivity index (χ0) is 12.5. The van der Waals surface area contributed by atoms with E-state index >= 15 is 0 Å². The Morgan fingerprint density at radius 1 is 1.11 bits per heavy atom. The Morgan fingerprint density at radius 2 is 1.83 bits per heavy atom. The lowest BCUT2D eigenvalue weighted by atomic mass is 9.97. The summed E-state index contributed by atoms with van der Waals surface area (Å²) in [5.41, 5.74) is 0. The number of carbonyl (C=O) groups is 1. The predicted molar refractivity (Wildman–Crippen MR) is 72.3 cm³/mol. The highest BCUT2D eigenvalue weighted by Gasteiger charge is 2.45. The van der Waals surface area contributed by atoms with E-state index < -0.39 is 0 Å². The smallest absolute Gasteiger partial charge is 0.226 e. The van der Waals surface area contributed by atoms with Gasteiger partial charge < -0.3 is 10.2 Å². The molecule has 0 aromatic heterocycles. The first kappa shape index (κ1) is 12.5. The fourth-order valence-corrected chi connectivity index (χ4v) is 4.28. The molecule has 1 N–H and O–H groups in total. The van der Waals surface area contributed by atoms with Crippen LogP contribution in [0.2, 0.25) is 0 Å². The first-order chi connectivity index (χ1) is 8.77. The molecule has 3 heteroatoms. The number of likely N-dealkylation sites (tertiary alicyclic amines) is 1. The second-order valence-corrected chi connectivity index (χ2v) is 6.50. The molecule has 3 rings (SSSR count). The summed E-state index contributed by atoms with van der Waals surface area (Å²) in [6, 6.07) is 0.966. The Balaban J connectivity index is 1.70. The van der Waals surface area contributed by atoms with Gasteiger partial charge in [-0.15, -0.1) is 0 Å². The van der Waals surface area contributed by atoms with Crippen molar-refractivity contribution in [2.24, 2.45) is 11.8 Å². The molecule has 3 atom stereocenters. The highest BCUT2D eigenvalue weighted by atomic mass is 16.2. The van der Waals surface area contributed by atoms with Crippen molar-refractivity contribution >= 4 is 5.91 Å².